The first kappa shape index (κ1) is 15.8. The maximum absolute atomic E-state index is 12.3. The first-order chi connectivity index (χ1) is 10.0. The average Bonchev–Trinajstić information content (AvgIpc) is 2.48. The van der Waals surface area contributed by atoms with Gasteiger partial charge in [-0.05, 0) is 6.07 Å². The molecule has 0 aromatic heterocycles. The molecule has 0 unspecified atom stereocenters. The highest BCUT2D eigenvalue weighted by molar-refractivity contribution is 5.79. The summed E-state index contributed by atoms with van der Waals surface area (Å²) in [5, 5.41) is 10.5. The molecule has 1 aromatic carbocycles. The molecule has 21 heavy (non-hydrogen) atoms. The van der Waals surface area contributed by atoms with Gasteiger partial charge in [-0.2, -0.15) is 0 Å². The number of ether oxygens (including phenoxy) is 2. The van der Waals surface area contributed by atoms with Crippen molar-refractivity contribution in [3.8, 4) is 5.75 Å². The maximum Gasteiger partial charge on any atom is 0.226 e. The van der Waals surface area contributed by atoms with E-state index in [2.05, 4.69) is 0 Å². The van der Waals surface area contributed by atoms with Crippen molar-refractivity contribution in [2.75, 3.05) is 33.9 Å². The van der Waals surface area contributed by atoms with Crippen LogP contribution in [0.5, 0.6) is 5.75 Å². The van der Waals surface area contributed by atoms with Crippen molar-refractivity contribution in [1.82, 2.24) is 4.90 Å². The van der Waals surface area contributed by atoms with Crippen LogP contribution in [0.3, 0.4) is 0 Å². The quantitative estimate of drug-likeness (QED) is 0.887. The number of methoxy groups -OCH3 is 1. The van der Waals surface area contributed by atoms with Crippen molar-refractivity contribution in [2.24, 2.45) is 0 Å². The van der Waals surface area contributed by atoms with Gasteiger partial charge in [0.15, 0.2) is 0 Å². The monoisotopic (exact) mass is 293 g/mol. The van der Waals surface area contributed by atoms with Crippen LogP contribution in [0.2, 0.25) is 0 Å². The van der Waals surface area contributed by atoms with Crippen molar-refractivity contribution in [3.05, 3.63) is 29.8 Å². The topological polar surface area (TPSA) is 59.0 Å². The van der Waals surface area contributed by atoms with Crippen LogP contribution in [0.15, 0.2) is 24.3 Å². The molecule has 116 valence electrons. The van der Waals surface area contributed by atoms with E-state index in [1.54, 1.807) is 19.1 Å². The molecule has 1 aliphatic rings. The maximum atomic E-state index is 12.3. The van der Waals surface area contributed by atoms with E-state index < -0.39 is 5.60 Å². The Kier molecular flexibility index (Phi) is 5.20. The smallest absolute Gasteiger partial charge is 0.226 e. The van der Waals surface area contributed by atoms with Crippen LogP contribution in [0.1, 0.15) is 18.4 Å². The molecule has 0 saturated carbocycles. The van der Waals surface area contributed by atoms with E-state index in [0.717, 1.165) is 5.56 Å². The van der Waals surface area contributed by atoms with E-state index in [9.17, 15) is 9.90 Å². The minimum absolute atomic E-state index is 0.0283. The van der Waals surface area contributed by atoms with Crippen molar-refractivity contribution in [2.45, 2.75) is 24.9 Å². The summed E-state index contributed by atoms with van der Waals surface area (Å²) in [5.74, 6) is 0.684. The summed E-state index contributed by atoms with van der Waals surface area (Å²) in [6.45, 7) is 1.43. The van der Waals surface area contributed by atoms with Crippen LogP contribution < -0.4 is 4.74 Å². The van der Waals surface area contributed by atoms with Crippen LogP contribution in [0.4, 0.5) is 0 Å². The summed E-state index contributed by atoms with van der Waals surface area (Å²) in [4.78, 5) is 13.9. The lowest BCUT2D eigenvalue weighted by Crippen LogP contribution is -2.47. The Bertz CT molecular complexity index is 483. The number of benzene rings is 1. The average molecular weight is 293 g/mol. The number of rotatable bonds is 5. The number of para-hydroxylation sites is 1. The first-order valence-electron chi connectivity index (χ1n) is 7.20. The Morgan fingerprint density at radius 3 is 2.71 bits per heavy atom. The predicted molar refractivity (Wildman–Crippen MR) is 79.3 cm³/mol. The SMILES string of the molecule is COc1ccccc1CC(=O)N(C)CC1(O)CCOCC1. The van der Waals surface area contributed by atoms with Gasteiger partial charge in [0.25, 0.3) is 0 Å². The van der Waals surface area contributed by atoms with Gasteiger partial charge < -0.3 is 19.5 Å². The minimum Gasteiger partial charge on any atom is -0.496 e. The number of amides is 1. The standard InChI is InChI=1S/C16H23NO4/c1-17(12-16(19)7-9-21-10-8-16)15(18)11-13-5-3-4-6-14(13)20-2/h3-6,19H,7-12H2,1-2H3. The molecule has 0 atom stereocenters. The van der Waals surface area contributed by atoms with Gasteiger partial charge in [-0.3, -0.25) is 4.79 Å². The highest BCUT2D eigenvalue weighted by Gasteiger charge is 2.32. The summed E-state index contributed by atoms with van der Waals surface area (Å²) in [6, 6.07) is 7.49. The molecule has 0 aliphatic carbocycles. The van der Waals surface area contributed by atoms with E-state index in [1.165, 1.54) is 0 Å². The minimum atomic E-state index is -0.830. The molecule has 1 saturated heterocycles. The summed E-state index contributed by atoms with van der Waals surface area (Å²) >= 11 is 0. The number of likely N-dealkylation sites (N-methyl/N-ethyl adjacent to an activating group) is 1. The molecule has 2 rings (SSSR count). The van der Waals surface area contributed by atoms with E-state index in [4.69, 9.17) is 9.47 Å². The van der Waals surface area contributed by atoms with E-state index in [1.807, 2.05) is 24.3 Å². The van der Waals surface area contributed by atoms with Gasteiger partial charge in [0.1, 0.15) is 5.75 Å². The number of nitrogens with zero attached hydrogens (tertiary/aromatic N) is 1. The lowest BCUT2D eigenvalue weighted by Gasteiger charge is -2.35. The summed E-state index contributed by atoms with van der Waals surface area (Å²) in [6.07, 6.45) is 1.41. The Labute approximate surface area is 125 Å². The Morgan fingerprint density at radius 2 is 2.05 bits per heavy atom. The van der Waals surface area contributed by atoms with Gasteiger partial charge in [-0.25, -0.2) is 0 Å². The zero-order chi connectivity index (χ0) is 15.3. The lowest BCUT2D eigenvalue weighted by atomic mass is 9.93. The fourth-order valence-electron chi connectivity index (χ4n) is 2.59. The van der Waals surface area contributed by atoms with Gasteiger partial charge in [0.2, 0.25) is 5.91 Å². The first-order valence-corrected chi connectivity index (χ1v) is 7.20. The van der Waals surface area contributed by atoms with Gasteiger partial charge in [0, 0.05) is 45.2 Å². The van der Waals surface area contributed by atoms with Crippen LogP contribution in [-0.4, -0.2) is 55.4 Å². The normalized spacial score (nSPS) is 17.3. The molecule has 1 aromatic rings. The summed E-state index contributed by atoms with van der Waals surface area (Å²) < 4.78 is 10.5. The second kappa shape index (κ2) is 6.91. The predicted octanol–water partition coefficient (Wildman–Crippen LogP) is 1.24. The number of aliphatic hydroxyl groups is 1. The third-order valence-electron chi connectivity index (χ3n) is 3.91. The van der Waals surface area contributed by atoms with Crippen LogP contribution in [0.25, 0.3) is 0 Å². The Hall–Kier alpha value is -1.59. The van der Waals surface area contributed by atoms with Crippen LogP contribution >= 0.6 is 0 Å². The number of carbonyl (C=O) groups is 1. The zero-order valence-corrected chi connectivity index (χ0v) is 12.7. The second-order valence-corrected chi connectivity index (χ2v) is 5.58. The van der Waals surface area contributed by atoms with Gasteiger partial charge >= 0.3 is 0 Å². The lowest BCUT2D eigenvalue weighted by molar-refractivity contribution is -0.136. The second-order valence-electron chi connectivity index (χ2n) is 5.58. The third-order valence-corrected chi connectivity index (χ3v) is 3.91. The largest absolute Gasteiger partial charge is 0.496 e. The molecule has 5 nitrogen and oxygen atoms in total. The van der Waals surface area contributed by atoms with Crippen molar-refractivity contribution in [3.63, 3.8) is 0 Å². The van der Waals surface area contributed by atoms with E-state index >= 15 is 0 Å². The molecule has 1 amide bonds. The molecule has 0 radical (unpaired) electrons. The van der Waals surface area contributed by atoms with Crippen molar-refractivity contribution >= 4 is 5.91 Å². The number of hydrogen-bond acceptors (Lipinski definition) is 4. The zero-order valence-electron chi connectivity index (χ0n) is 12.7. The molecule has 0 spiro atoms. The van der Waals surface area contributed by atoms with Crippen LogP contribution in [-0.2, 0) is 16.0 Å². The van der Waals surface area contributed by atoms with E-state index in [-0.39, 0.29) is 12.3 Å². The van der Waals surface area contributed by atoms with Gasteiger partial charge in [-0.15, -0.1) is 0 Å². The summed E-state index contributed by atoms with van der Waals surface area (Å²) in [5.41, 5.74) is 0.0273. The highest BCUT2D eigenvalue weighted by Crippen LogP contribution is 2.22. The van der Waals surface area contributed by atoms with Crippen molar-refractivity contribution < 1.29 is 19.4 Å². The molecule has 0 bridgehead atoms. The summed E-state index contributed by atoms with van der Waals surface area (Å²) in [7, 11) is 3.32. The number of hydrogen-bond donors (Lipinski definition) is 1. The molecule has 1 N–H and O–H groups in total. The Balaban J connectivity index is 1.96. The van der Waals surface area contributed by atoms with Gasteiger partial charge in [-0.1, -0.05) is 18.2 Å². The van der Waals surface area contributed by atoms with E-state index in [0.29, 0.717) is 38.3 Å². The highest BCUT2D eigenvalue weighted by atomic mass is 16.5. The van der Waals surface area contributed by atoms with Crippen molar-refractivity contribution in [1.29, 1.82) is 0 Å². The van der Waals surface area contributed by atoms with Crippen LogP contribution in [0, 0.1) is 0 Å². The third kappa shape index (κ3) is 4.19. The molecule has 1 aliphatic heterocycles. The Morgan fingerprint density at radius 1 is 1.38 bits per heavy atom. The molecule has 1 fully saturated rings. The fraction of sp³-hybridized carbons (Fsp3) is 0.562. The molecule has 5 heteroatoms. The molecular weight excluding hydrogens is 270 g/mol. The fourth-order valence-corrected chi connectivity index (χ4v) is 2.59. The molecular formula is C16H23NO4. The van der Waals surface area contributed by atoms with Gasteiger partial charge in [0.05, 0.1) is 19.1 Å². The molecule has 1 heterocycles. The number of carbonyl (C=O) groups excluding carboxylic acids is 1.